The fourth-order valence-corrected chi connectivity index (χ4v) is 2.17. The molecule has 16 heavy (non-hydrogen) atoms. The number of rotatable bonds is 3. The quantitative estimate of drug-likeness (QED) is 0.759. The van der Waals surface area contributed by atoms with Gasteiger partial charge in [-0.05, 0) is 43.7 Å². The lowest BCUT2D eigenvalue weighted by molar-refractivity contribution is 0.0153. The summed E-state index contributed by atoms with van der Waals surface area (Å²) in [7, 11) is 0. The van der Waals surface area contributed by atoms with Gasteiger partial charge in [-0.15, -0.1) is 0 Å². The Morgan fingerprint density at radius 2 is 2.19 bits per heavy atom. The Morgan fingerprint density at radius 1 is 1.44 bits per heavy atom. The minimum Gasteiger partial charge on any atom is -0.454 e. The maximum absolute atomic E-state index is 11.8. The van der Waals surface area contributed by atoms with Gasteiger partial charge in [0, 0.05) is 6.20 Å². The highest BCUT2D eigenvalue weighted by atomic mass is 35.5. The Bertz CT molecular complexity index is 421. The van der Waals surface area contributed by atoms with E-state index >= 15 is 0 Å². The van der Waals surface area contributed by atoms with Crippen molar-refractivity contribution in [2.45, 2.75) is 31.3 Å². The maximum Gasteiger partial charge on any atom is 0.357 e. The summed E-state index contributed by atoms with van der Waals surface area (Å²) >= 11 is 5.71. The molecule has 1 heterocycles. The van der Waals surface area contributed by atoms with Gasteiger partial charge < -0.3 is 4.74 Å². The molecule has 0 aliphatic heterocycles. The molecule has 3 nitrogen and oxygen atoms in total. The third kappa shape index (κ3) is 1.80. The van der Waals surface area contributed by atoms with Crippen LogP contribution in [0.3, 0.4) is 0 Å². The van der Waals surface area contributed by atoms with E-state index in [1.807, 2.05) is 0 Å². The lowest BCUT2D eigenvalue weighted by Crippen LogP contribution is -2.22. The zero-order valence-electron chi connectivity index (χ0n) is 8.78. The molecule has 1 aromatic heterocycles. The summed E-state index contributed by atoms with van der Waals surface area (Å²) in [6.45, 7) is 0. The number of hydrogen-bond acceptors (Lipinski definition) is 3. The fourth-order valence-electron chi connectivity index (χ4n) is 2.06. The molecule has 2 aliphatic rings. The van der Waals surface area contributed by atoms with E-state index in [0.717, 1.165) is 12.8 Å². The average molecular weight is 238 g/mol. The molecule has 3 rings (SSSR count). The van der Waals surface area contributed by atoms with Crippen molar-refractivity contribution in [2.24, 2.45) is 5.92 Å². The highest BCUT2D eigenvalue weighted by Gasteiger charge is 2.57. The number of carbonyl (C=O) groups is 1. The number of ether oxygens (including phenoxy) is 1. The molecule has 0 unspecified atom stereocenters. The normalized spacial score (nSPS) is 21.6. The molecule has 84 valence electrons. The number of hydrogen-bond donors (Lipinski definition) is 0. The van der Waals surface area contributed by atoms with Crippen LogP contribution < -0.4 is 0 Å². The van der Waals surface area contributed by atoms with E-state index in [2.05, 4.69) is 4.98 Å². The van der Waals surface area contributed by atoms with E-state index in [4.69, 9.17) is 16.3 Å². The van der Waals surface area contributed by atoms with Gasteiger partial charge in [-0.25, -0.2) is 9.78 Å². The molecule has 0 spiro atoms. The number of carbonyl (C=O) groups excluding carboxylic acids is 1. The first-order valence-electron chi connectivity index (χ1n) is 5.54. The zero-order chi connectivity index (χ0) is 11.2. The first-order valence-corrected chi connectivity index (χ1v) is 5.92. The van der Waals surface area contributed by atoms with Crippen LogP contribution in [0.1, 0.15) is 36.2 Å². The molecule has 2 fully saturated rings. The van der Waals surface area contributed by atoms with Gasteiger partial charge in [0.05, 0.1) is 5.02 Å². The largest absolute Gasteiger partial charge is 0.454 e. The molecular formula is C12H12ClNO2. The van der Waals surface area contributed by atoms with Crippen LogP contribution in [0, 0.1) is 5.92 Å². The zero-order valence-corrected chi connectivity index (χ0v) is 9.54. The van der Waals surface area contributed by atoms with E-state index in [9.17, 15) is 4.79 Å². The molecule has 0 radical (unpaired) electrons. The van der Waals surface area contributed by atoms with Crippen LogP contribution in [-0.2, 0) is 4.74 Å². The van der Waals surface area contributed by atoms with Gasteiger partial charge in [-0.2, -0.15) is 0 Å². The molecule has 0 amide bonds. The van der Waals surface area contributed by atoms with Crippen LogP contribution in [0.2, 0.25) is 5.02 Å². The van der Waals surface area contributed by atoms with Gasteiger partial charge in [-0.1, -0.05) is 11.6 Å². The van der Waals surface area contributed by atoms with Crippen LogP contribution >= 0.6 is 11.6 Å². The minimum absolute atomic E-state index is 0.140. The summed E-state index contributed by atoms with van der Waals surface area (Å²) in [5.74, 6) is 0.282. The molecule has 0 N–H and O–H groups in total. The fraction of sp³-hybridized carbons (Fsp3) is 0.500. The third-order valence-corrected chi connectivity index (χ3v) is 3.52. The average Bonchev–Trinajstić information content (AvgIpc) is 3.13. The Labute approximate surface area is 98.8 Å². The molecule has 0 atom stereocenters. The number of aromatic nitrogens is 1. The molecule has 4 heteroatoms. The summed E-state index contributed by atoms with van der Waals surface area (Å²) in [5, 5.41) is 0.528. The van der Waals surface area contributed by atoms with Gasteiger partial charge in [0.25, 0.3) is 0 Å². The predicted octanol–water partition coefficient (Wildman–Crippen LogP) is 2.83. The highest BCUT2D eigenvalue weighted by molar-refractivity contribution is 6.30. The number of pyridine rings is 1. The topological polar surface area (TPSA) is 39.2 Å². The second-order valence-electron chi connectivity index (χ2n) is 4.59. The molecule has 2 aliphatic carbocycles. The summed E-state index contributed by atoms with van der Waals surface area (Å²) in [5.41, 5.74) is 0.203. The van der Waals surface area contributed by atoms with Crippen molar-refractivity contribution in [3.8, 4) is 0 Å². The van der Waals surface area contributed by atoms with Gasteiger partial charge in [-0.3, -0.25) is 0 Å². The van der Waals surface area contributed by atoms with Gasteiger partial charge in [0.15, 0.2) is 0 Å². The van der Waals surface area contributed by atoms with Crippen LogP contribution in [0.5, 0.6) is 0 Å². The Morgan fingerprint density at radius 3 is 2.69 bits per heavy atom. The molecular weight excluding hydrogens is 226 g/mol. The molecule has 1 aromatic rings. The molecule has 0 aromatic carbocycles. The third-order valence-electron chi connectivity index (χ3n) is 3.30. The number of esters is 1. The Balaban J connectivity index is 1.71. The Kier molecular flexibility index (Phi) is 2.18. The standard InChI is InChI=1S/C12H12ClNO2/c13-9-3-4-10(14-7-9)11(15)16-12(5-6-12)8-1-2-8/h3-4,7-8H,1-2,5-6H2. The summed E-state index contributed by atoms with van der Waals surface area (Å²) < 4.78 is 5.55. The van der Waals surface area contributed by atoms with Crippen molar-refractivity contribution in [1.29, 1.82) is 0 Å². The first kappa shape index (κ1) is 10.1. The van der Waals surface area contributed by atoms with E-state index in [-0.39, 0.29) is 11.6 Å². The second-order valence-corrected chi connectivity index (χ2v) is 5.03. The van der Waals surface area contributed by atoms with Crippen molar-refractivity contribution >= 4 is 17.6 Å². The van der Waals surface area contributed by atoms with Crippen LogP contribution in [0.15, 0.2) is 18.3 Å². The molecule has 0 saturated heterocycles. The van der Waals surface area contributed by atoms with E-state index in [0.29, 0.717) is 16.6 Å². The van der Waals surface area contributed by atoms with Crippen LogP contribution in [0.25, 0.3) is 0 Å². The lowest BCUT2D eigenvalue weighted by atomic mass is 10.2. The van der Waals surface area contributed by atoms with Crippen molar-refractivity contribution in [3.05, 3.63) is 29.0 Å². The highest BCUT2D eigenvalue weighted by Crippen LogP contribution is 2.56. The summed E-state index contributed by atoms with van der Waals surface area (Å²) in [4.78, 5) is 15.8. The SMILES string of the molecule is O=C(OC1(C2CC2)CC1)c1ccc(Cl)cn1. The van der Waals surface area contributed by atoms with Crippen molar-refractivity contribution in [1.82, 2.24) is 4.98 Å². The van der Waals surface area contributed by atoms with Crippen LogP contribution in [0.4, 0.5) is 0 Å². The monoisotopic (exact) mass is 237 g/mol. The Hall–Kier alpha value is -1.09. The first-order chi connectivity index (χ1) is 7.70. The maximum atomic E-state index is 11.8. The minimum atomic E-state index is -0.318. The number of nitrogens with zero attached hydrogens (tertiary/aromatic N) is 1. The molecule has 2 saturated carbocycles. The second kappa shape index (κ2) is 3.45. The number of halogens is 1. The predicted molar refractivity (Wildman–Crippen MR) is 59.4 cm³/mol. The molecule has 0 bridgehead atoms. The van der Waals surface area contributed by atoms with Crippen molar-refractivity contribution < 1.29 is 9.53 Å². The summed E-state index contributed by atoms with van der Waals surface area (Å²) in [6.07, 6.45) is 5.88. The smallest absolute Gasteiger partial charge is 0.357 e. The van der Waals surface area contributed by atoms with E-state index in [1.54, 1.807) is 12.1 Å². The van der Waals surface area contributed by atoms with Gasteiger partial charge >= 0.3 is 5.97 Å². The summed E-state index contributed by atoms with van der Waals surface area (Å²) in [6, 6.07) is 3.26. The van der Waals surface area contributed by atoms with Gasteiger partial charge in [0.2, 0.25) is 0 Å². The van der Waals surface area contributed by atoms with E-state index < -0.39 is 0 Å². The van der Waals surface area contributed by atoms with E-state index in [1.165, 1.54) is 19.0 Å². The lowest BCUT2D eigenvalue weighted by Gasteiger charge is -2.15. The van der Waals surface area contributed by atoms with Crippen molar-refractivity contribution in [3.63, 3.8) is 0 Å². The van der Waals surface area contributed by atoms with Crippen molar-refractivity contribution in [2.75, 3.05) is 0 Å². The van der Waals surface area contributed by atoms with Crippen LogP contribution in [-0.4, -0.2) is 16.6 Å². The van der Waals surface area contributed by atoms with Gasteiger partial charge in [0.1, 0.15) is 11.3 Å².